The van der Waals surface area contributed by atoms with E-state index in [9.17, 15) is 0 Å². The van der Waals surface area contributed by atoms with Crippen LogP contribution in [0, 0.1) is 0 Å². The number of hydrogen-bond acceptors (Lipinski definition) is 4. The fourth-order valence-electron chi connectivity index (χ4n) is 2.43. The maximum atomic E-state index is 5.51. The number of rotatable bonds is 0. The molecule has 0 N–H and O–H groups in total. The van der Waals surface area contributed by atoms with Gasteiger partial charge in [0.1, 0.15) is 0 Å². The topological polar surface area (TPSA) is 24.9 Å². The first-order valence-corrected chi connectivity index (χ1v) is 8.61. The summed E-state index contributed by atoms with van der Waals surface area (Å²) in [6.07, 6.45) is 1.27. The van der Waals surface area contributed by atoms with Crippen molar-refractivity contribution in [2.45, 2.75) is 66.8 Å². The molecule has 2 saturated heterocycles. The zero-order chi connectivity index (χ0) is 16.8. The van der Waals surface area contributed by atoms with Crippen LogP contribution < -0.4 is 0 Å². The van der Waals surface area contributed by atoms with Gasteiger partial charge in [-0.05, 0) is 34.9 Å². The first-order valence-electron chi connectivity index (χ1n) is 8.61. The van der Waals surface area contributed by atoms with Gasteiger partial charge in [-0.2, -0.15) is 0 Å². The Morgan fingerprint density at radius 3 is 1.43 bits per heavy atom. The number of ether oxygens (including phenoxy) is 2. The second-order valence-electron chi connectivity index (χ2n) is 5.42. The van der Waals surface area contributed by atoms with Crippen LogP contribution in [-0.2, 0) is 9.47 Å². The lowest BCUT2D eigenvalue weighted by atomic mass is 10.2. The monoisotopic (exact) mass is 304 g/mol. The van der Waals surface area contributed by atoms with E-state index in [4.69, 9.17) is 9.47 Å². The van der Waals surface area contributed by atoms with E-state index in [-0.39, 0.29) is 0 Å². The highest BCUT2D eigenvalue weighted by Crippen LogP contribution is 2.07. The van der Waals surface area contributed by atoms with Crippen molar-refractivity contribution >= 4 is 0 Å². The summed E-state index contributed by atoms with van der Waals surface area (Å²) in [5, 5.41) is 0. The molecule has 0 aromatic rings. The van der Waals surface area contributed by atoms with Crippen molar-refractivity contribution < 1.29 is 9.47 Å². The third kappa shape index (κ3) is 13.2. The van der Waals surface area contributed by atoms with E-state index >= 15 is 0 Å². The molecule has 2 aliphatic heterocycles. The van der Waals surface area contributed by atoms with E-state index in [1.54, 1.807) is 0 Å². The zero-order valence-corrected chi connectivity index (χ0v) is 16.0. The Hall–Kier alpha value is -0.160. The van der Waals surface area contributed by atoms with Gasteiger partial charge < -0.3 is 19.3 Å². The molecule has 0 aromatic heterocycles. The van der Waals surface area contributed by atoms with Crippen molar-refractivity contribution in [3.05, 3.63) is 0 Å². The third-order valence-electron chi connectivity index (χ3n) is 3.05. The first kappa shape index (κ1) is 23.1. The van der Waals surface area contributed by atoms with E-state index in [1.165, 1.54) is 0 Å². The van der Waals surface area contributed by atoms with Crippen LogP contribution in [0.15, 0.2) is 0 Å². The van der Waals surface area contributed by atoms with Crippen molar-refractivity contribution in [2.75, 3.05) is 46.9 Å². The van der Waals surface area contributed by atoms with Gasteiger partial charge in [-0.25, -0.2) is 0 Å². The molecule has 130 valence electrons. The third-order valence-corrected chi connectivity index (χ3v) is 3.05. The molecule has 3 unspecified atom stereocenters. The van der Waals surface area contributed by atoms with Crippen molar-refractivity contribution in [3.63, 3.8) is 0 Å². The summed E-state index contributed by atoms with van der Waals surface area (Å²) in [6.45, 7) is 19.6. The molecule has 2 fully saturated rings. The summed E-state index contributed by atoms with van der Waals surface area (Å²) >= 11 is 0. The van der Waals surface area contributed by atoms with Gasteiger partial charge in [0, 0.05) is 26.2 Å². The lowest BCUT2D eigenvalue weighted by Crippen LogP contribution is -2.42. The molecule has 4 heteroatoms. The number of nitrogens with zero attached hydrogens (tertiary/aromatic N) is 2. The fraction of sp³-hybridized carbons (Fsp3) is 1.00. The predicted molar refractivity (Wildman–Crippen MR) is 93.1 cm³/mol. The Morgan fingerprint density at radius 2 is 1.14 bits per heavy atom. The highest BCUT2D eigenvalue weighted by molar-refractivity contribution is 4.69. The van der Waals surface area contributed by atoms with Gasteiger partial charge in [0.05, 0.1) is 24.9 Å². The Balaban J connectivity index is 0. The van der Waals surface area contributed by atoms with Crippen LogP contribution in [0.1, 0.15) is 48.5 Å². The maximum Gasteiger partial charge on any atom is 0.0678 e. The van der Waals surface area contributed by atoms with E-state index in [1.807, 2.05) is 27.7 Å². The van der Waals surface area contributed by atoms with Crippen LogP contribution in [0.3, 0.4) is 0 Å². The Kier molecular flexibility index (Phi) is 16.2. The van der Waals surface area contributed by atoms with E-state index < -0.39 is 0 Å². The molecule has 2 rings (SSSR count). The van der Waals surface area contributed by atoms with Crippen LogP contribution in [-0.4, -0.2) is 75.0 Å². The summed E-state index contributed by atoms with van der Waals surface area (Å²) in [6, 6.07) is 0. The Morgan fingerprint density at radius 1 is 0.714 bits per heavy atom. The van der Waals surface area contributed by atoms with Crippen LogP contribution in [0.25, 0.3) is 0 Å². The van der Waals surface area contributed by atoms with Gasteiger partial charge in [0.15, 0.2) is 0 Å². The maximum absolute atomic E-state index is 5.51. The second-order valence-corrected chi connectivity index (χ2v) is 5.42. The average Bonchev–Trinajstić information content (AvgIpc) is 2.42. The van der Waals surface area contributed by atoms with Crippen LogP contribution in [0.2, 0.25) is 0 Å². The highest BCUT2D eigenvalue weighted by Gasteiger charge is 2.18. The van der Waals surface area contributed by atoms with Gasteiger partial charge in [-0.3, -0.25) is 0 Å². The second kappa shape index (κ2) is 14.8. The summed E-state index contributed by atoms with van der Waals surface area (Å²) in [5.41, 5.74) is 0. The van der Waals surface area contributed by atoms with E-state index in [0.717, 1.165) is 32.8 Å². The van der Waals surface area contributed by atoms with Gasteiger partial charge >= 0.3 is 0 Å². The molecule has 0 spiro atoms. The zero-order valence-electron chi connectivity index (χ0n) is 16.0. The number of hydrogen-bond donors (Lipinski definition) is 0. The molecular formula is C17H40N2O2. The van der Waals surface area contributed by atoms with E-state index in [0.29, 0.717) is 18.3 Å². The first-order chi connectivity index (χ1) is 9.97. The highest BCUT2D eigenvalue weighted by atomic mass is 16.5. The van der Waals surface area contributed by atoms with Gasteiger partial charge in [0.25, 0.3) is 0 Å². The molecule has 0 saturated carbocycles. The lowest BCUT2D eigenvalue weighted by molar-refractivity contribution is -0.0602. The van der Waals surface area contributed by atoms with Crippen molar-refractivity contribution in [2.24, 2.45) is 0 Å². The van der Waals surface area contributed by atoms with Gasteiger partial charge in [0.2, 0.25) is 0 Å². The molecule has 3 atom stereocenters. The minimum absolute atomic E-state index is 0.416. The summed E-state index contributed by atoms with van der Waals surface area (Å²) in [4.78, 5) is 4.59. The minimum atomic E-state index is 0.416. The fourth-order valence-corrected chi connectivity index (χ4v) is 2.43. The lowest BCUT2D eigenvalue weighted by Gasteiger charge is -2.32. The largest absolute Gasteiger partial charge is 0.376 e. The van der Waals surface area contributed by atoms with Crippen LogP contribution in [0.5, 0.6) is 0 Å². The molecule has 0 bridgehead atoms. The number of likely N-dealkylation sites (N-methyl/N-ethyl adjacent to an activating group) is 2. The van der Waals surface area contributed by atoms with Crippen molar-refractivity contribution in [3.8, 4) is 0 Å². The van der Waals surface area contributed by atoms with Crippen molar-refractivity contribution in [1.29, 1.82) is 0 Å². The standard InChI is InChI=1S/C7H15NO.C6H13NO.2C2H6/c1-6-4-8(3)5-7(2)9-6;1-6-5-7(2)3-4-8-6;2*1-2/h6-7H,4-5H2,1-3H3;6H,3-5H2,1-2H3;2*1-2H3. The SMILES string of the molecule is CC.CC.CC1CN(C)CC(C)O1.CC1CN(C)CCO1. The molecule has 0 aromatic carbocycles. The summed E-state index contributed by atoms with van der Waals surface area (Å²) in [7, 11) is 4.26. The smallest absolute Gasteiger partial charge is 0.0678 e. The molecule has 0 amide bonds. The quantitative estimate of drug-likeness (QED) is 0.686. The molecule has 0 aliphatic carbocycles. The van der Waals surface area contributed by atoms with Crippen LogP contribution >= 0.6 is 0 Å². The summed E-state index contributed by atoms with van der Waals surface area (Å²) in [5.74, 6) is 0. The van der Waals surface area contributed by atoms with Gasteiger partial charge in [-0.15, -0.1) is 0 Å². The minimum Gasteiger partial charge on any atom is -0.376 e. The predicted octanol–water partition coefficient (Wildman–Crippen LogP) is 3.11. The van der Waals surface area contributed by atoms with Crippen molar-refractivity contribution in [1.82, 2.24) is 9.80 Å². The molecule has 2 aliphatic rings. The van der Waals surface area contributed by atoms with Gasteiger partial charge in [-0.1, -0.05) is 27.7 Å². The molecule has 2 heterocycles. The summed E-state index contributed by atoms with van der Waals surface area (Å²) < 4.78 is 10.8. The molecule has 4 nitrogen and oxygen atoms in total. The molecular weight excluding hydrogens is 264 g/mol. The molecule has 0 radical (unpaired) electrons. The van der Waals surface area contributed by atoms with E-state index in [2.05, 4.69) is 44.7 Å². The normalized spacial score (nSPS) is 29.9. The van der Waals surface area contributed by atoms with Crippen LogP contribution in [0.4, 0.5) is 0 Å². The average molecular weight is 305 g/mol. The number of morpholine rings is 2. The Labute approximate surface area is 133 Å². The Bertz CT molecular complexity index is 182. The molecule has 21 heavy (non-hydrogen) atoms.